The molecule has 2 unspecified atom stereocenters. The number of phosphoric ester groups is 1. The normalized spacial score (nSPS) is 14.4. The Kier molecular flexibility index (Phi) is 36.5. The van der Waals surface area contributed by atoms with E-state index in [0.29, 0.717) is 12.8 Å². The summed E-state index contributed by atoms with van der Waals surface area (Å²) in [5.41, 5.74) is 0. The van der Waals surface area contributed by atoms with Crippen LogP contribution in [0.3, 0.4) is 0 Å². The maximum Gasteiger partial charge on any atom is 0.472 e. The number of unbranched alkanes of at least 4 members (excludes halogenated alkanes) is 8. The first kappa shape index (κ1) is 50.0. The van der Waals surface area contributed by atoms with Crippen molar-refractivity contribution in [1.82, 2.24) is 0 Å². The van der Waals surface area contributed by atoms with Crippen LogP contribution in [0.1, 0.15) is 142 Å². The fourth-order valence-corrected chi connectivity index (χ4v) is 5.30. The number of hydrogen-bond donors (Lipinski definition) is 1. The molecule has 0 aliphatic heterocycles. The van der Waals surface area contributed by atoms with Crippen molar-refractivity contribution in [3.8, 4) is 0 Å². The van der Waals surface area contributed by atoms with Crippen LogP contribution in [0.4, 0.5) is 0 Å². The Morgan fingerprint density at radius 3 is 1.42 bits per heavy atom. The molecule has 0 aromatic carbocycles. The minimum Gasteiger partial charge on any atom is -0.462 e. The van der Waals surface area contributed by atoms with Crippen molar-refractivity contribution in [2.45, 2.75) is 148 Å². The van der Waals surface area contributed by atoms with Gasteiger partial charge in [0.25, 0.3) is 0 Å². The molecule has 0 aromatic heterocycles. The Hall–Kier alpha value is -3.03. The Labute approximate surface area is 322 Å². The summed E-state index contributed by atoms with van der Waals surface area (Å²) in [4.78, 5) is 34.3. The van der Waals surface area contributed by atoms with Crippen molar-refractivity contribution in [2.75, 3.05) is 20.3 Å². The van der Waals surface area contributed by atoms with Crippen LogP contribution in [-0.4, -0.2) is 43.3 Å². The van der Waals surface area contributed by atoms with Crippen molar-refractivity contribution >= 4 is 19.8 Å². The number of carbonyl (C=O) groups excluding carboxylic acids is 2. The molecular formula is C44H71O8P. The van der Waals surface area contributed by atoms with Gasteiger partial charge < -0.3 is 14.4 Å². The Morgan fingerprint density at radius 2 is 0.943 bits per heavy atom. The molecule has 0 saturated heterocycles. The summed E-state index contributed by atoms with van der Waals surface area (Å²) in [6.45, 7) is 3.56. The van der Waals surface area contributed by atoms with E-state index in [0.717, 1.165) is 84.2 Å². The van der Waals surface area contributed by atoms with Gasteiger partial charge in [0.1, 0.15) is 6.61 Å². The minimum absolute atomic E-state index is 0.164. The van der Waals surface area contributed by atoms with Crippen LogP contribution in [0.25, 0.3) is 0 Å². The largest absolute Gasteiger partial charge is 0.472 e. The third-order valence-corrected chi connectivity index (χ3v) is 8.77. The van der Waals surface area contributed by atoms with Crippen LogP contribution in [0.2, 0.25) is 0 Å². The molecule has 2 atom stereocenters. The lowest BCUT2D eigenvalue weighted by molar-refractivity contribution is -0.161. The molecule has 0 spiro atoms. The Balaban J connectivity index is 4.12. The zero-order valence-corrected chi connectivity index (χ0v) is 34.0. The lowest BCUT2D eigenvalue weighted by Crippen LogP contribution is -2.29. The van der Waals surface area contributed by atoms with Gasteiger partial charge in [0.05, 0.1) is 6.61 Å². The van der Waals surface area contributed by atoms with Crippen LogP contribution < -0.4 is 0 Å². The maximum absolute atomic E-state index is 12.5. The quantitative estimate of drug-likeness (QED) is 0.0294. The lowest BCUT2D eigenvalue weighted by Gasteiger charge is -2.19. The third-order valence-electron chi connectivity index (χ3n) is 7.84. The van der Waals surface area contributed by atoms with E-state index in [-0.39, 0.29) is 19.4 Å². The summed E-state index contributed by atoms with van der Waals surface area (Å²) in [5.74, 6) is -0.919. The fraction of sp³-hybridized carbons (Fsp3) is 0.591. The van der Waals surface area contributed by atoms with E-state index in [1.54, 1.807) is 0 Å². The van der Waals surface area contributed by atoms with Gasteiger partial charge in [-0.25, -0.2) is 4.57 Å². The van der Waals surface area contributed by atoms with E-state index >= 15 is 0 Å². The molecule has 0 aromatic rings. The van der Waals surface area contributed by atoms with Crippen LogP contribution in [0.15, 0.2) is 97.2 Å². The molecule has 0 heterocycles. The second-order valence-corrected chi connectivity index (χ2v) is 14.2. The van der Waals surface area contributed by atoms with Crippen LogP contribution >= 0.6 is 7.82 Å². The molecule has 0 rings (SSSR count). The number of rotatable bonds is 35. The Morgan fingerprint density at radius 1 is 0.528 bits per heavy atom. The van der Waals surface area contributed by atoms with Crippen molar-refractivity contribution < 1.29 is 37.6 Å². The summed E-state index contributed by atoms with van der Waals surface area (Å²) in [5, 5.41) is 0. The number of phosphoric acid groups is 1. The van der Waals surface area contributed by atoms with Gasteiger partial charge in [0, 0.05) is 20.0 Å². The van der Waals surface area contributed by atoms with Crippen LogP contribution in [-0.2, 0) is 32.7 Å². The predicted molar refractivity (Wildman–Crippen MR) is 220 cm³/mol. The van der Waals surface area contributed by atoms with Gasteiger partial charge in [0.2, 0.25) is 0 Å². The van der Waals surface area contributed by atoms with E-state index in [1.807, 2.05) is 12.2 Å². The molecule has 53 heavy (non-hydrogen) atoms. The zero-order chi connectivity index (χ0) is 38.9. The average molecular weight is 759 g/mol. The third kappa shape index (κ3) is 38.5. The van der Waals surface area contributed by atoms with Crippen LogP contribution in [0.5, 0.6) is 0 Å². The molecule has 300 valence electrons. The number of carbonyl (C=O) groups is 2. The van der Waals surface area contributed by atoms with Gasteiger partial charge in [-0.2, -0.15) is 0 Å². The topological polar surface area (TPSA) is 108 Å². The summed E-state index contributed by atoms with van der Waals surface area (Å²) in [6.07, 6.45) is 51.9. The van der Waals surface area contributed by atoms with Gasteiger partial charge in [-0.3, -0.25) is 18.6 Å². The van der Waals surface area contributed by atoms with Crippen molar-refractivity contribution in [1.29, 1.82) is 0 Å². The van der Waals surface area contributed by atoms with Crippen molar-refractivity contribution in [3.63, 3.8) is 0 Å². The second-order valence-electron chi connectivity index (χ2n) is 12.6. The van der Waals surface area contributed by atoms with Gasteiger partial charge in [0.15, 0.2) is 6.10 Å². The highest BCUT2D eigenvalue weighted by Gasteiger charge is 2.24. The predicted octanol–water partition coefficient (Wildman–Crippen LogP) is 12.5. The summed E-state index contributed by atoms with van der Waals surface area (Å²) >= 11 is 0. The highest BCUT2D eigenvalue weighted by molar-refractivity contribution is 7.47. The fourth-order valence-electron chi connectivity index (χ4n) is 4.84. The first-order valence-corrected chi connectivity index (χ1v) is 21.4. The summed E-state index contributed by atoms with van der Waals surface area (Å²) in [7, 11) is -3.24. The average Bonchev–Trinajstić information content (AvgIpc) is 3.15. The molecule has 0 saturated carbocycles. The molecule has 8 nitrogen and oxygen atoms in total. The summed E-state index contributed by atoms with van der Waals surface area (Å²) in [6, 6.07) is 0. The molecule has 0 aliphatic rings. The smallest absolute Gasteiger partial charge is 0.462 e. The molecule has 0 radical (unpaired) electrons. The molecule has 1 N–H and O–H groups in total. The second kappa shape index (κ2) is 38.7. The molecule has 0 fully saturated rings. The van der Waals surface area contributed by atoms with E-state index in [9.17, 15) is 19.0 Å². The SMILES string of the molecule is CC/C=C\C/C=C\C/C=C\C/C=C\CCCCCCCCCCC(=O)OC(COC(=O)CC/C=C\C/C=C\C/C=C\C/C=C\CC)COP(=O)(O)OC. The monoisotopic (exact) mass is 758 g/mol. The number of hydrogen-bond acceptors (Lipinski definition) is 7. The number of esters is 2. The molecular weight excluding hydrogens is 687 g/mol. The van der Waals surface area contributed by atoms with Crippen LogP contribution in [0, 0.1) is 0 Å². The molecule has 9 heteroatoms. The molecule has 0 bridgehead atoms. The van der Waals surface area contributed by atoms with Crippen molar-refractivity contribution in [3.05, 3.63) is 97.2 Å². The minimum atomic E-state index is -4.28. The van der Waals surface area contributed by atoms with E-state index < -0.39 is 32.5 Å². The van der Waals surface area contributed by atoms with Gasteiger partial charge in [-0.05, 0) is 77.0 Å². The van der Waals surface area contributed by atoms with Gasteiger partial charge >= 0.3 is 19.8 Å². The van der Waals surface area contributed by atoms with Crippen molar-refractivity contribution in [2.24, 2.45) is 0 Å². The highest BCUT2D eigenvalue weighted by atomic mass is 31.2. The first-order valence-electron chi connectivity index (χ1n) is 19.9. The van der Waals surface area contributed by atoms with E-state index in [1.165, 1.54) is 25.7 Å². The van der Waals surface area contributed by atoms with Gasteiger partial charge in [-0.1, -0.05) is 150 Å². The first-order chi connectivity index (χ1) is 25.8. The Bertz CT molecular complexity index is 1180. The summed E-state index contributed by atoms with van der Waals surface area (Å²) < 4.78 is 31.8. The molecule has 0 aliphatic carbocycles. The highest BCUT2D eigenvalue weighted by Crippen LogP contribution is 2.42. The van der Waals surface area contributed by atoms with Gasteiger partial charge in [-0.15, -0.1) is 0 Å². The van der Waals surface area contributed by atoms with E-state index in [2.05, 4.69) is 103 Å². The molecule has 0 amide bonds. The zero-order valence-electron chi connectivity index (χ0n) is 33.1. The van der Waals surface area contributed by atoms with E-state index in [4.69, 9.17) is 14.0 Å². The number of allylic oxidation sites excluding steroid dienone is 16. The maximum atomic E-state index is 12.5. The standard InChI is InChI=1S/C44H71O8P/c1-4-6-8-10-12-14-16-18-19-20-21-22-23-24-25-27-29-31-33-35-37-39-44(46)52-42(41-51-53(47,48)49-3)40-50-43(45)38-36-34-32-30-28-26-17-15-13-11-9-7-5-2/h6-9,12-15,18-19,21-22,26,28,32,34,42H,4-5,10-11,16-17,20,23-25,27,29-31,33,35-41H2,1-3H3,(H,47,48)/b8-6-,9-7-,14-12-,15-13-,19-18-,22-21-,28-26-,34-32-. The lowest BCUT2D eigenvalue weighted by atomic mass is 10.1. The number of ether oxygens (including phenoxy) is 2.